The number of nitrogens with zero attached hydrogens (tertiary/aromatic N) is 3. The van der Waals surface area contributed by atoms with Gasteiger partial charge >= 0.3 is 0 Å². The highest BCUT2D eigenvalue weighted by molar-refractivity contribution is 6.32. The van der Waals surface area contributed by atoms with Crippen LogP contribution in [0.1, 0.15) is 30.9 Å². The third kappa shape index (κ3) is 2.69. The molecule has 0 aliphatic carbocycles. The van der Waals surface area contributed by atoms with Gasteiger partial charge in [-0.05, 0) is 23.6 Å². The quantitative estimate of drug-likeness (QED) is 0.784. The number of nitrogen functional groups attached to an aromatic ring is 2. The van der Waals surface area contributed by atoms with Gasteiger partial charge in [-0.1, -0.05) is 25.4 Å². The predicted octanol–water partition coefficient (Wildman–Crippen LogP) is 2.66. The molecule has 1 aromatic carbocycles. The van der Waals surface area contributed by atoms with Gasteiger partial charge in [-0.25, -0.2) is 4.98 Å². The minimum atomic E-state index is -0.171. The second-order valence-corrected chi connectivity index (χ2v) is 5.26. The largest absolute Gasteiger partial charge is 0.506 e. The second-order valence-electron chi connectivity index (χ2n) is 4.86. The smallest absolute Gasteiger partial charge is 0.222 e. The van der Waals surface area contributed by atoms with E-state index in [0.717, 1.165) is 5.56 Å². The molecule has 0 aliphatic rings. The van der Waals surface area contributed by atoms with E-state index in [-0.39, 0.29) is 39.7 Å². The number of nitriles is 1. The van der Waals surface area contributed by atoms with Gasteiger partial charge in [0.05, 0.1) is 10.7 Å². The van der Waals surface area contributed by atoms with E-state index in [1.165, 1.54) is 0 Å². The van der Waals surface area contributed by atoms with E-state index in [1.54, 1.807) is 12.1 Å². The van der Waals surface area contributed by atoms with Gasteiger partial charge in [0.25, 0.3) is 0 Å². The lowest BCUT2D eigenvalue weighted by atomic mass is 9.97. The van der Waals surface area contributed by atoms with E-state index < -0.39 is 0 Å². The molecule has 0 spiro atoms. The molecular weight excluding hydrogens is 290 g/mol. The van der Waals surface area contributed by atoms with Crippen molar-refractivity contribution in [3.63, 3.8) is 0 Å². The Morgan fingerprint density at radius 3 is 2.52 bits per heavy atom. The van der Waals surface area contributed by atoms with Crippen LogP contribution in [-0.2, 0) is 0 Å². The Kier molecular flexibility index (Phi) is 3.87. The number of hydrogen-bond donors (Lipinski definition) is 3. The summed E-state index contributed by atoms with van der Waals surface area (Å²) in [4.78, 5) is 7.77. The fraction of sp³-hybridized carbons (Fsp3) is 0.214. The number of nitrogens with two attached hydrogens (primary N) is 2. The molecule has 7 heteroatoms. The molecule has 2 aromatic rings. The summed E-state index contributed by atoms with van der Waals surface area (Å²) in [5.41, 5.74) is 12.7. The van der Waals surface area contributed by atoms with Gasteiger partial charge in [0.2, 0.25) is 5.95 Å². The lowest BCUT2D eigenvalue weighted by Gasteiger charge is -2.13. The Balaban J connectivity index is 2.82. The lowest BCUT2D eigenvalue weighted by Crippen LogP contribution is -2.05. The minimum absolute atomic E-state index is 0.0366. The summed E-state index contributed by atoms with van der Waals surface area (Å²) in [5, 5.41) is 19.6. The summed E-state index contributed by atoms with van der Waals surface area (Å²) < 4.78 is 0. The first-order valence-electron chi connectivity index (χ1n) is 6.21. The number of benzene rings is 1. The first-order chi connectivity index (χ1) is 9.85. The van der Waals surface area contributed by atoms with Crippen LogP contribution in [0, 0.1) is 11.3 Å². The molecule has 0 unspecified atom stereocenters. The van der Waals surface area contributed by atoms with Crippen LogP contribution >= 0.6 is 11.6 Å². The van der Waals surface area contributed by atoms with Gasteiger partial charge in [-0.3, -0.25) is 0 Å². The molecule has 0 saturated heterocycles. The van der Waals surface area contributed by atoms with E-state index in [1.807, 2.05) is 19.9 Å². The van der Waals surface area contributed by atoms with Gasteiger partial charge in [0.15, 0.2) is 0 Å². The maximum absolute atomic E-state index is 10.2. The van der Waals surface area contributed by atoms with Crippen molar-refractivity contribution in [2.24, 2.45) is 0 Å². The summed E-state index contributed by atoms with van der Waals surface area (Å²) in [6.07, 6.45) is 0. The van der Waals surface area contributed by atoms with Crippen LogP contribution in [0.4, 0.5) is 11.8 Å². The third-order valence-corrected chi connectivity index (χ3v) is 3.36. The molecule has 0 atom stereocenters. The SMILES string of the molecule is CC(C)c1cc(Cl)c(O)c(-c2nc(N)nc(N)c2C#N)c1. The monoisotopic (exact) mass is 303 g/mol. The van der Waals surface area contributed by atoms with Crippen molar-refractivity contribution < 1.29 is 5.11 Å². The first-order valence-corrected chi connectivity index (χ1v) is 6.58. The molecule has 0 fully saturated rings. The minimum Gasteiger partial charge on any atom is -0.506 e. The Labute approximate surface area is 127 Å². The maximum Gasteiger partial charge on any atom is 0.222 e. The Morgan fingerprint density at radius 2 is 1.95 bits per heavy atom. The van der Waals surface area contributed by atoms with Crippen LogP contribution in [0.3, 0.4) is 0 Å². The predicted molar refractivity (Wildman–Crippen MR) is 81.8 cm³/mol. The summed E-state index contributed by atoms with van der Waals surface area (Å²) >= 11 is 6.05. The highest BCUT2D eigenvalue weighted by atomic mass is 35.5. The number of aromatic hydroxyl groups is 1. The van der Waals surface area contributed by atoms with Crippen molar-refractivity contribution in [2.45, 2.75) is 19.8 Å². The van der Waals surface area contributed by atoms with E-state index in [2.05, 4.69) is 9.97 Å². The van der Waals surface area contributed by atoms with E-state index in [4.69, 9.17) is 23.1 Å². The average Bonchev–Trinajstić information content (AvgIpc) is 2.40. The van der Waals surface area contributed by atoms with Crippen molar-refractivity contribution in [1.82, 2.24) is 9.97 Å². The van der Waals surface area contributed by atoms with Crippen molar-refractivity contribution in [1.29, 1.82) is 5.26 Å². The topological polar surface area (TPSA) is 122 Å². The highest BCUT2D eigenvalue weighted by Crippen LogP contribution is 2.39. The first kappa shape index (κ1) is 14.9. The fourth-order valence-corrected chi connectivity index (χ4v) is 2.16. The van der Waals surface area contributed by atoms with Crippen molar-refractivity contribution >= 4 is 23.4 Å². The lowest BCUT2D eigenvalue weighted by molar-refractivity contribution is 0.477. The summed E-state index contributed by atoms with van der Waals surface area (Å²) in [7, 11) is 0. The Hall–Kier alpha value is -2.52. The summed E-state index contributed by atoms with van der Waals surface area (Å²) in [6, 6.07) is 5.31. The normalized spacial score (nSPS) is 10.6. The Morgan fingerprint density at radius 1 is 1.29 bits per heavy atom. The fourth-order valence-electron chi connectivity index (χ4n) is 1.94. The van der Waals surface area contributed by atoms with Crippen LogP contribution in [0.15, 0.2) is 12.1 Å². The van der Waals surface area contributed by atoms with Crippen LogP contribution < -0.4 is 11.5 Å². The number of halogens is 1. The number of aromatic nitrogens is 2. The van der Waals surface area contributed by atoms with Crippen molar-refractivity contribution in [2.75, 3.05) is 11.5 Å². The van der Waals surface area contributed by atoms with Crippen molar-refractivity contribution in [3.8, 4) is 23.1 Å². The van der Waals surface area contributed by atoms with Gasteiger partial charge in [0.1, 0.15) is 23.2 Å². The van der Waals surface area contributed by atoms with Crippen LogP contribution in [0.2, 0.25) is 5.02 Å². The molecule has 1 aromatic heterocycles. The molecule has 21 heavy (non-hydrogen) atoms. The average molecular weight is 304 g/mol. The van der Waals surface area contributed by atoms with Gasteiger partial charge in [-0.15, -0.1) is 0 Å². The molecule has 5 N–H and O–H groups in total. The highest BCUT2D eigenvalue weighted by Gasteiger charge is 2.19. The van der Waals surface area contributed by atoms with E-state index in [0.29, 0.717) is 5.56 Å². The number of hydrogen-bond acceptors (Lipinski definition) is 6. The second kappa shape index (κ2) is 5.46. The molecule has 2 rings (SSSR count). The van der Waals surface area contributed by atoms with E-state index in [9.17, 15) is 10.4 Å². The van der Waals surface area contributed by atoms with Gasteiger partial charge < -0.3 is 16.6 Å². The van der Waals surface area contributed by atoms with E-state index >= 15 is 0 Å². The molecule has 1 heterocycles. The summed E-state index contributed by atoms with van der Waals surface area (Å²) in [6.45, 7) is 3.97. The zero-order valence-corrected chi connectivity index (χ0v) is 12.3. The molecule has 6 nitrogen and oxygen atoms in total. The van der Waals surface area contributed by atoms with Crippen LogP contribution in [0.25, 0.3) is 11.3 Å². The zero-order chi connectivity index (χ0) is 15.7. The zero-order valence-electron chi connectivity index (χ0n) is 11.6. The Bertz CT molecular complexity index is 752. The molecular formula is C14H14ClN5O. The molecule has 0 bridgehead atoms. The van der Waals surface area contributed by atoms with Gasteiger partial charge in [0, 0.05) is 5.56 Å². The molecule has 0 amide bonds. The number of phenols is 1. The molecule has 0 radical (unpaired) electrons. The number of rotatable bonds is 2. The van der Waals surface area contributed by atoms with Crippen LogP contribution in [-0.4, -0.2) is 15.1 Å². The third-order valence-electron chi connectivity index (χ3n) is 3.07. The van der Waals surface area contributed by atoms with Crippen molar-refractivity contribution in [3.05, 3.63) is 28.3 Å². The molecule has 0 aliphatic heterocycles. The number of phenolic OH excluding ortho intramolecular Hbond substituents is 1. The maximum atomic E-state index is 10.2. The molecule has 0 saturated carbocycles. The van der Waals surface area contributed by atoms with Gasteiger partial charge in [-0.2, -0.15) is 10.2 Å². The van der Waals surface area contributed by atoms with Crippen LogP contribution in [0.5, 0.6) is 5.75 Å². The summed E-state index contributed by atoms with van der Waals surface area (Å²) in [5.74, 6) is -0.101. The molecule has 108 valence electrons. The number of anilines is 2. The standard InChI is InChI=1S/C14H14ClN5O/c1-6(2)7-3-8(12(21)10(15)4-7)11-9(5-16)13(17)20-14(18)19-11/h3-4,6,21H,1-2H3,(H4,17,18,19,20).